The molecule has 0 rings (SSSR count). The molecule has 0 atom stereocenters. The summed E-state index contributed by atoms with van der Waals surface area (Å²) < 4.78 is 20.7. The van der Waals surface area contributed by atoms with Crippen molar-refractivity contribution in [3.05, 3.63) is 0 Å². The summed E-state index contributed by atoms with van der Waals surface area (Å²) in [5, 5.41) is 9.21. The van der Waals surface area contributed by atoms with Crippen LogP contribution in [0.15, 0.2) is 0 Å². The van der Waals surface area contributed by atoms with Crippen molar-refractivity contribution < 1.29 is 14.2 Å². The molecule has 0 spiro atoms. The van der Waals surface area contributed by atoms with E-state index in [0.717, 1.165) is 0 Å². The van der Waals surface area contributed by atoms with Gasteiger partial charge in [-0.2, -0.15) is 0 Å². The van der Waals surface area contributed by atoms with Gasteiger partial charge in [-0.3, -0.25) is 9.11 Å². The molecule has 0 radical (unpaired) electrons. The first-order chi connectivity index (χ1) is 4.77. The van der Waals surface area contributed by atoms with Gasteiger partial charge in [0.05, 0.1) is 5.60 Å². The molecule has 0 heterocycles. The summed E-state index contributed by atoms with van der Waals surface area (Å²) in [4.78, 5) is 0. The Bertz CT molecular complexity index is 121. The van der Waals surface area contributed by atoms with Crippen LogP contribution in [0.3, 0.4) is 0 Å². The van der Waals surface area contributed by atoms with Crippen LogP contribution in [0.5, 0.6) is 0 Å². The molecule has 0 aliphatic heterocycles. The topological polar surface area (TPSA) is 72.7 Å². The second-order valence-corrected chi connectivity index (χ2v) is 5.29. The smallest absolute Gasteiger partial charge is 0.0732 e. The van der Waals surface area contributed by atoms with Crippen molar-refractivity contribution >= 4 is 10.8 Å². The van der Waals surface area contributed by atoms with Gasteiger partial charge in [0.1, 0.15) is 0 Å². The number of hydrogen-bond donors (Lipinski definition) is 4. The minimum Gasteiger partial charge on any atom is -0.389 e. The van der Waals surface area contributed by atoms with Gasteiger partial charge in [-0.05, 0) is 20.8 Å². The van der Waals surface area contributed by atoms with Crippen LogP contribution in [0.1, 0.15) is 20.8 Å². The van der Waals surface area contributed by atoms with Gasteiger partial charge < -0.3 is 5.11 Å². The van der Waals surface area contributed by atoms with Crippen molar-refractivity contribution in [3.8, 4) is 0 Å². The van der Waals surface area contributed by atoms with Gasteiger partial charge in [-0.15, -0.1) is 10.8 Å². The van der Waals surface area contributed by atoms with E-state index in [0.29, 0.717) is 0 Å². The summed E-state index contributed by atoms with van der Waals surface area (Å²) in [5.41, 5.74) is -0.904. The largest absolute Gasteiger partial charge is 0.389 e. The molecule has 70 valence electrons. The third-order valence-electron chi connectivity index (χ3n) is 1.14. The van der Waals surface area contributed by atoms with E-state index in [1.807, 2.05) is 0 Å². The summed E-state index contributed by atoms with van der Waals surface area (Å²) >= 11 is 0. The van der Waals surface area contributed by atoms with Crippen LogP contribution in [-0.4, -0.2) is 32.1 Å². The van der Waals surface area contributed by atoms with E-state index >= 15 is 0 Å². The molecule has 0 aliphatic carbocycles. The molecule has 4 N–H and O–H groups in total. The molecule has 0 aromatic heterocycles. The zero-order valence-electron chi connectivity index (χ0n) is 7.16. The molecule has 0 fully saturated rings. The highest BCUT2D eigenvalue weighted by atomic mass is 32.3. The lowest BCUT2D eigenvalue weighted by Gasteiger charge is -2.34. The fraction of sp³-hybridized carbons (Fsp3) is 1.00. The Hall–Kier alpha value is 0.190. The molecule has 11 heavy (non-hydrogen) atoms. The van der Waals surface area contributed by atoms with Crippen molar-refractivity contribution in [2.24, 2.45) is 0 Å². The second kappa shape index (κ2) is 3.73. The highest BCUT2D eigenvalue weighted by molar-refractivity contribution is 8.22. The fourth-order valence-corrected chi connectivity index (χ4v) is 1.18. The molecule has 0 aliphatic rings. The van der Waals surface area contributed by atoms with Crippen LogP contribution < -0.4 is 4.72 Å². The van der Waals surface area contributed by atoms with Gasteiger partial charge in [0.2, 0.25) is 0 Å². The second-order valence-electron chi connectivity index (χ2n) is 3.09. The molecular weight excluding hydrogens is 166 g/mol. The summed E-state index contributed by atoms with van der Waals surface area (Å²) in [7, 11) is -2.66. The fourth-order valence-electron chi connectivity index (χ4n) is 0.394. The molecule has 0 aromatic carbocycles. The first kappa shape index (κ1) is 11.2. The standard InChI is InChI=1S/C6H17NO3S/c1-4-11(9,10)7-5-6(2,3)8/h7-10H,4-5H2,1-3H3. The molecule has 0 bridgehead atoms. The zero-order chi connectivity index (χ0) is 9.12. The Morgan fingerprint density at radius 2 is 1.82 bits per heavy atom. The van der Waals surface area contributed by atoms with E-state index in [1.165, 1.54) is 0 Å². The predicted molar refractivity (Wildman–Crippen MR) is 47.7 cm³/mol. The average Bonchev–Trinajstić information content (AvgIpc) is 1.83. The Labute approximate surface area is 69.1 Å². The van der Waals surface area contributed by atoms with E-state index in [9.17, 15) is 5.11 Å². The van der Waals surface area contributed by atoms with E-state index in [4.69, 9.17) is 9.11 Å². The third kappa shape index (κ3) is 6.58. The number of nitrogens with one attached hydrogen (secondary N) is 1. The summed E-state index contributed by atoms with van der Waals surface area (Å²) in [6.07, 6.45) is 0. The lowest BCUT2D eigenvalue weighted by molar-refractivity contribution is 0.0849. The highest BCUT2D eigenvalue weighted by Gasteiger charge is 2.16. The lowest BCUT2D eigenvalue weighted by Crippen LogP contribution is -2.36. The van der Waals surface area contributed by atoms with Crippen molar-refractivity contribution in [2.45, 2.75) is 26.4 Å². The summed E-state index contributed by atoms with van der Waals surface area (Å²) in [6, 6.07) is 0. The average molecular weight is 183 g/mol. The van der Waals surface area contributed by atoms with Crippen molar-refractivity contribution in [1.29, 1.82) is 0 Å². The van der Waals surface area contributed by atoms with Crippen molar-refractivity contribution in [1.82, 2.24) is 4.72 Å². The molecule has 0 unspecified atom stereocenters. The first-order valence-electron chi connectivity index (χ1n) is 3.50. The van der Waals surface area contributed by atoms with Crippen LogP contribution in [0, 0.1) is 0 Å². The highest BCUT2D eigenvalue weighted by Crippen LogP contribution is 2.32. The first-order valence-corrected chi connectivity index (χ1v) is 5.21. The SMILES string of the molecule is CCS(O)(O)NCC(C)(C)O. The molecular formula is C6H17NO3S. The molecule has 0 aromatic rings. The van der Waals surface area contributed by atoms with Gasteiger partial charge in [-0.1, -0.05) is 0 Å². The molecule has 0 amide bonds. The minimum atomic E-state index is -2.66. The molecule has 5 heteroatoms. The Morgan fingerprint density at radius 3 is 2.09 bits per heavy atom. The Balaban J connectivity index is 3.70. The van der Waals surface area contributed by atoms with Crippen LogP contribution in [-0.2, 0) is 0 Å². The number of aliphatic hydroxyl groups is 1. The van der Waals surface area contributed by atoms with Crippen molar-refractivity contribution in [2.75, 3.05) is 12.3 Å². The van der Waals surface area contributed by atoms with Crippen molar-refractivity contribution in [3.63, 3.8) is 0 Å². The quantitative estimate of drug-likeness (QED) is 0.525. The maximum Gasteiger partial charge on any atom is 0.0732 e. The van der Waals surface area contributed by atoms with Gasteiger partial charge in [0.15, 0.2) is 0 Å². The summed E-state index contributed by atoms with van der Waals surface area (Å²) in [6.45, 7) is 5.06. The lowest BCUT2D eigenvalue weighted by atomic mass is 10.1. The molecule has 0 saturated heterocycles. The van der Waals surface area contributed by atoms with Gasteiger partial charge in [0, 0.05) is 12.3 Å². The third-order valence-corrected chi connectivity index (χ3v) is 2.55. The Kier molecular flexibility index (Phi) is 3.79. The van der Waals surface area contributed by atoms with Crippen LogP contribution in [0.2, 0.25) is 0 Å². The number of hydrogen-bond acceptors (Lipinski definition) is 4. The van der Waals surface area contributed by atoms with E-state index in [1.54, 1.807) is 20.8 Å². The van der Waals surface area contributed by atoms with Gasteiger partial charge in [-0.25, -0.2) is 4.72 Å². The van der Waals surface area contributed by atoms with E-state index in [-0.39, 0.29) is 12.3 Å². The van der Waals surface area contributed by atoms with E-state index < -0.39 is 16.4 Å². The van der Waals surface area contributed by atoms with Gasteiger partial charge in [0.25, 0.3) is 0 Å². The monoisotopic (exact) mass is 183 g/mol. The predicted octanol–water partition coefficient (Wildman–Crippen LogP) is 1.03. The normalized spacial score (nSPS) is 15.1. The van der Waals surface area contributed by atoms with Gasteiger partial charge >= 0.3 is 0 Å². The maximum absolute atomic E-state index is 9.21. The maximum atomic E-state index is 9.21. The molecule has 4 nitrogen and oxygen atoms in total. The molecule has 0 saturated carbocycles. The summed E-state index contributed by atoms with van der Waals surface area (Å²) in [5.74, 6) is 0.267. The zero-order valence-corrected chi connectivity index (χ0v) is 7.98. The Morgan fingerprint density at radius 1 is 1.36 bits per heavy atom. The minimum absolute atomic E-state index is 0.184. The number of rotatable bonds is 4. The van der Waals surface area contributed by atoms with Crippen LogP contribution in [0.4, 0.5) is 0 Å². The van der Waals surface area contributed by atoms with E-state index in [2.05, 4.69) is 4.72 Å². The van der Waals surface area contributed by atoms with Crippen LogP contribution in [0.25, 0.3) is 0 Å². The van der Waals surface area contributed by atoms with Crippen LogP contribution >= 0.6 is 10.8 Å².